The van der Waals surface area contributed by atoms with E-state index in [2.05, 4.69) is 51.3 Å². The maximum Gasteiger partial charge on any atom is 0.249 e. The van der Waals surface area contributed by atoms with Crippen molar-refractivity contribution < 1.29 is 13.6 Å². The second kappa shape index (κ2) is 6.70. The third-order valence-electron chi connectivity index (χ3n) is 7.31. The second-order valence-electron chi connectivity index (χ2n) is 9.67. The molecular weight excluding hydrogens is 478 g/mol. The largest absolute Gasteiger partial charge is 0.272 e. The number of fused-ring (bicyclic) bond motifs is 1. The van der Waals surface area contributed by atoms with E-state index in [9.17, 15) is 13.6 Å². The number of halogens is 3. The number of aryl methyl sites for hydroxylation is 1. The van der Waals surface area contributed by atoms with Crippen LogP contribution in [-0.4, -0.2) is 26.9 Å². The fourth-order valence-electron chi connectivity index (χ4n) is 5.94. The molecule has 1 atom stereocenters. The van der Waals surface area contributed by atoms with E-state index in [4.69, 9.17) is 0 Å². The first kappa shape index (κ1) is 20.0. The van der Waals surface area contributed by atoms with E-state index in [0.717, 1.165) is 36.7 Å². The molecule has 1 aliphatic heterocycles. The van der Waals surface area contributed by atoms with Gasteiger partial charge in [-0.15, -0.1) is 0 Å². The van der Waals surface area contributed by atoms with Gasteiger partial charge in [-0.3, -0.25) is 9.48 Å². The number of hydrogen-bond donors (Lipinski definition) is 0. The molecule has 7 rings (SSSR count). The van der Waals surface area contributed by atoms with E-state index in [1.54, 1.807) is 6.21 Å². The molecule has 3 aliphatic carbocycles. The van der Waals surface area contributed by atoms with Crippen LogP contribution in [0.2, 0.25) is 0 Å². The van der Waals surface area contributed by atoms with Crippen molar-refractivity contribution in [2.75, 3.05) is 0 Å². The standard InChI is InChI=1S/C24H21BrF2N4O/c1-14-2-3-19-16(6-14)9-29-30(19)13-23-10-24(11-23,12-23)22(32)31-20(4-5-28-31)15-7-17(26)21(25)18(27)8-15/h2-3,5-9,20H,4,10-13H2,1H3. The first-order chi connectivity index (χ1) is 15.3. The Balaban J connectivity index is 1.18. The lowest BCUT2D eigenvalue weighted by Crippen LogP contribution is -2.68. The third kappa shape index (κ3) is 2.81. The van der Waals surface area contributed by atoms with Crippen LogP contribution in [0.3, 0.4) is 0 Å². The minimum absolute atomic E-state index is 0.0391. The van der Waals surface area contributed by atoms with Crippen LogP contribution in [0, 0.1) is 29.4 Å². The molecule has 0 N–H and O–H groups in total. The number of hydrogen-bond acceptors (Lipinski definition) is 3. The van der Waals surface area contributed by atoms with Crippen LogP contribution in [0.25, 0.3) is 10.9 Å². The highest BCUT2D eigenvalue weighted by Gasteiger charge is 2.72. The smallest absolute Gasteiger partial charge is 0.249 e. The van der Waals surface area contributed by atoms with E-state index in [-0.39, 0.29) is 15.8 Å². The van der Waals surface area contributed by atoms with E-state index in [1.165, 1.54) is 22.7 Å². The van der Waals surface area contributed by atoms with Gasteiger partial charge in [0.25, 0.3) is 0 Å². The van der Waals surface area contributed by atoms with Crippen molar-refractivity contribution in [2.24, 2.45) is 15.9 Å². The lowest BCUT2D eigenvalue weighted by molar-refractivity contribution is -0.223. The molecule has 3 fully saturated rings. The van der Waals surface area contributed by atoms with Gasteiger partial charge in [-0.1, -0.05) is 11.6 Å². The summed E-state index contributed by atoms with van der Waals surface area (Å²) in [6.45, 7) is 2.86. The van der Waals surface area contributed by atoms with Gasteiger partial charge in [0, 0.05) is 24.6 Å². The Hall–Kier alpha value is -2.61. The molecule has 1 unspecified atom stereocenters. The van der Waals surface area contributed by atoms with Gasteiger partial charge in [-0.2, -0.15) is 10.2 Å². The van der Waals surface area contributed by atoms with Crippen molar-refractivity contribution in [1.82, 2.24) is 14.8 Å². The summed E-state index contributed by atoms with van der Waals surface area (Å²) in [6.07, 6.45) is 6.40. The summed E-state index contributed by atoms with van der Waals surface area (Å²) in [7, 11) is 0. The highest BCUT2D eigenvalue weighted by Crippen LogP contribution is 2.74. The highest BCUT2D eigenvalue weighted by atomic mass is 79.9. The predicted octanol–water partition coefficient (Wildman–Crippen LogP) is 5.52. The van der Waals surface area contributed by atoms with Crippen molar-refractivity contribution in [2.45, 2.75) is 45.2 Å². The maximum absolute atomic E-state index is 14.1. The number of carbonyl (C=O) groups excluding carboxylic acids is 1. The number of hydrazone groups is 1. The van der Waals surface area contributed by atoms with Gasteiger partial charge in [-0.05, 0) is 77.4 Å². The fraction of sp³-hybridized carbons (Fsp3) is 0.375. The number of carbonyl (C=O) groups is 1. The van der Waals surface area contributed by atoms with E-state index in [1.807, 2.05) is 10.9 Å². The molecule has 3 aromatic rings. The first-order valence-corrected chi connectivity index (χ1v) is 11.5. The van der Waals surface area contributed by atoms with Crippen LogP contribution in [0.1, 0.15) is 42.9 Å². The zero-order valence-electron chi connectivity index (χ0n) is 17.5. The molecule has 0 saturated heterocycles. The molecule has 2 aromatic carbocycles. The molecule has 164 valence electrons. The molecule has 0 spiro atoms. The molecule has 1 amide bonds. The number of nitrogens with zero attached hydrogens (tertiary/aromatic N) is 4. The molecule has 3 saturated carbocycles. The predicted molar refractivity (Wildman–Crippen MR) is 120 cm³/mol. The summed E-state index contributed by atoms with van der Waals surface area (Å²) in [5.41, 5.74) is 2.43. The first-order valence-electron chi connectivity index (χ1n) is 10.7. The average molecular weight is 499 g/mol. The van der Waals surface area contributed by atoms with Crippen LogP contribution < -0.4 is 0 Å². The molecule has 0 radical (unpaired) electrons. The minimum atomic E-state index is -0.676. The lowest BCUT2D eigenvalue weighted by Gasteiger charge is -2.69. The van der Waals surface area contributed by atoms with Crippen LogP contribution in [0.4, 0.5) is 8.78 Å². The molecule has 2 heterocycles. The second-order valence-corrected chi connectivity index (χ2v) is 10.5. The number of aromatic nitrogens is 2. The van der Waals surface area contributed by atoms with Crippen LogP contribution >= 0.6 is 15.9 Å². The van der Waals surface area contributed by atoms with Gasteiger partial charge in [0.05, 0.1) is 27.6 Å². The molecule has 1 aromatic heterocycles. The summed E-state index contributed by atoms with van der Waals surface area (Å²) in [5, 5.41) is 11.4. The van der Waals surface area contributed by atoms with Crippen molar-refractivity contribution >= 4 is 39.0 Å². The third-order valence-corrected chi connectivity index (χ3v) is 8.06. The Kier molecular flexibility index (Phi) is 4.19. The zero-order valence-corrected chi connectivity index (χ0v) is 19.1. The van der Waals surface area contributed by atoms with E-state index >= 15 is 0 Å². The Morgan fingerprint density at radius 2 is 1.91 bits per heavy atom. The van der Waals surface area contributed by atoms with Gasteiger partial charge >= 0.3 is 0 Å². The van der Waals surface area contributed by atoms with E-state index in [0.29, 0.717) is 12.0 Å². The average Bonchev–Trinajstić information content (AvgIpc) is 3.33. The number of rotatable bonds is 4. The molecule has 32 heavy (non-hydrogen) atoms. The summed E-state index contributed by atoms with van der Waals surface area (Å²) >= 11 is 2.90. The fourth-order valence-corrected chi connectivity index (χ4v) is 6.17. The Morgan fingerprint density at radius 3 is 2.62 bits per heavy atom. The molecule has 4 aliphatic rings. The van der Waals surface area contributed by atoms with Gasteiger partial charge in [-0.25, -0.2) is 13.8 Å². The van der Waals surface area contributed by atoms with Crippen molar-refractivity contribution in [3.63, 3.8) is 0 Å². The highest BCUT2D eigenvalue weighted by molar-refractivity contribution is 9.10. The van der Waals surface area contributed by atoms with Crippen LogP contribution in [0.15, 0.2) is 46.1 Å². The summed E-state index contributed by atoms with van der Waals surface area (Å²) in [4.78, 5) is 13.4. The van der Waals surface area contributed by atoms with Crippen molar-refractivity contribution in [1.29, 1.82) is 0 Å². The SMILES string of the molecule is Cc1ccc2c(cnn2CC23CC(C(=O)N4N=CCC4c4cc(F)c(Br)c(F)c4)(C2)C3)c1. The molecule has 2 bridgehead atoms. The number of benzene rings is 2. The van der Waals surface area contributed by atoms with Gasteiger partial charge in [0.15, 0.2) is 0 Å². The molecule has 5 nitrogen and oxygen atoms in total. The van der Waals surface area contributed by atoms with Crippen molar-refractivity contribution in [3.05, 3.63) is 63.8 Å². The summed E-state index contributed by atoms with van der Waals surface area (Å²) in [5.74, 6) is -1.39. The zero-order chi connectivity index (χ0) is 22.3. The van der Waals surface area contributed by atoms with E-state index < -0.39 is 23.1 Å². The topological polar surface area (TPSA) is 50.5 Å². The quantitative estimate of drug-likeness (QED) is 0.445. The maximum atomic E-state index is 14.1. The summed E-state index contributed by atoms with van der Waals surface area (Å²) < 4.78 is 30.0. The Morgan fingerprint density at radius 1 is 1.19 bits per heavy atom. The van der Waals surface area contributed by atoms with Gasteiger partial charge in [0.1, 0.15) is 11.6 Å². The van der Waals surface area contributed by atoms with Crippen LogP contribution in [0.5, 0.6) is 0 Å². The van der Waals surface area contributed by atoms with Crippen LogP contribution in [-0.2, 0) is 11.3 Å². The van der Waals surface area contributed by atoms with Gasteiger partial charge in [0.2, 0.25) is 5.91 Å². The number of amides is 1. The van der Waals surface area contributed by atoms with Crippen molar-refractivity contribution in [3.8, 4) is 0 Å². The normalized spacial score (nSPS) is 28.1. The molecular formula is C24H21BrF2N4O. The minimum Gasteiger partial charge on any atom is -0.272 e. The monoisotopic (exact) mass is 498 g/mol. The lowest BCUT2D eigenvalue weighted by atomic mass is 9.34. The summed E-state index contributed by atoms with van der Waals surface area (Å²) in [6, 6.07) is 8.41. The van der Waals surface area contributed by atoms with Gasteiger partial charge < -0.3 is 0 Å². The Labute approximate surface area is 192 Å². The molecule has 8 heteroatoms. The Bertz CT molecular complexity index is 1270.